The Morgan fingerprint density at radius 1 is 0.657 bits per heavy atom. The number of hydrogen-bond acceptors (Lipinski definition) is 3. The lowest BCUT2D eigenvalue weighted by Gasteiger charge is -2.36. The Bertz CT molecular complexity index is 476. The Kier molecular flexibility index (Phi) is 22.2. The van der Waals surface area contributed by atoms with Crippen LogP contribution in [0.2, 0.25) is 0 Å². The zero-order valence-electron chi connectivity index (χ0n) is 24.4. The number of nitrogens with zero attached hydrogens (tertiary/aromatic N) is 1. The predicted octanol–water partition coefficient (Wildman–Crippen LogP) is 7.56. The van der Waals surface area contributed by atoms with E-state index < -0.39 is 11.6 Å². The van der Waals surface area contributed by atoms with Crippen LogP contribution in [0.15, 0.2) is 0 Å². The molecule has 0 rings (SSSR count). The van der Waals surface area contributed by atoms with E-state index in [4.69, 9.17) is 0 Å². The molecule has 1 unspecified atom stereocenters. The first-order valence-electron chi connectivity index (χ1n) is 15.4. The molecule has 1 N–H and O–H groups in total. The summed E-state index contributed by atoms with van der Waals surface area (Å²) < 4.78 is 0.886. The smallest absolute Gasteiger partial charge is 0.111 e. The highest BCUT2D eigenvalue weighted by Crippen LogP contribution is 2.21. The predicted molar refractivity (Wildman–Crippen MR) is 149 cm³/mol. The van der Waals surface area contributed by atoms with Crippen LogP contribution in [0.25, 0.3) is 0 Å². The van der Waals surface area contributed by atoms with Crippen LogP contribution in [-0.2, 0) is 4.79 Å². The number of carboxylic acids is 1. The number of carbonyl (C=O) groups is 1. The summed E-state index contributed by atoms with van der Waals surface area (Å²) >= 11 is 0. The minimum absolute atomic E-state index is 0.199. The zero-order valence-corrected chi connectivity index (χ0v) is 24.4. The van der Waals surface area contributed by atoms with Gasteiger partial charge >= 0.3 is 0 Å². The molecule has 0 aliphatic carbocycles. The van der Waals surface area contributed by atoms with E-state index in [-0.39, 0.29) is 6.42 Å². The van der Waals surface area contributed by atoms with Gasteiger partial charge in [0.15, 0.2) is 0 Å². The third kappa shape index (κ3) is 26.3. The number of carboxylic acid groups (broad SMARTS) is 1. The van der Waals surface area contributed by atoms with Crippen LogP contribution in [0.5, 0.6) is 0 Å². The van der Waals surface area contributed by atoms with E-state index in [1.54, 1.807) is 0 Å². The molecule has 0 aliphatic heterocycles. The summed E-state index contributed by atoms with van der Waals surface area (Å²) in [5.74, 6) is -0.926. The van der Waals surface area contributed by atoms with Crippen molar-refractivity contribution in [2.24, 2.45) is 0 Å². The first-order valence-corrected chi connectivity index (χ1v) is 15.4. The average molecular weight is 498 g/mol. The van der Waals surface area contributed by atoms with Crippen molar-refractivity contribution in [2.75, 3.05) is 27.2 Å². The molecule has 0 fully saturated rings. The summed E-state index contributed by atoms with van der Waals surface area (Å²) in [6.07, 6.45) is 28.0. The minimum Gasteiger partial charge on any atom is -0.550 e. The maximum absolute atomic E-state index is 10.9. The maximum atomic E-state index is 10.9. The Balaban J connectivity index is 3.61. The molecule has 4 nitrogen and oxygen atoms in total. The number of likely N-dealkylation sites (N-methyl/N-ethyl adjacent to an activating group) is 1. The van der Waals surface area contributed by atoms with Gasteiger partial charge in [-0.2, -0.15) is 0 Å². The lowest BCUT2D eigenvalue weighted by molar-refractivity contribution is -0.896. The van der Waals surface area contributed by atoms with Crippen molar-refractivity contribution in [3.8, 4) is 0 Å². The highest BCUT2D eigenvalue weighted by molar-refractivity contribution is 5.64. The molecule has 0 saturated heterocycles. The molecule has 0 radical (unpaired) electrons. The first kappa shape index (κ1) is 34.4. The van der Waals surface area contributed by atoms with E-state index in [2.05, 4.69) is 21.0 Å². The molecule has 210 valence electrons. The Morgan fingerprint density at radius 3 is 1.46 bits per heavy atom. The van der Waals surface area contributed by atoms with Crippen LogP contribution >= 0.6 is 0 Å². The fraction of sp³-hybridized carbons (Fsp3) is 0.968. The van der Waals surface area contributed by atoms with Crippen molar-refractivity contribution in [3.63, 3.8) is 0 Å². The molecule has 1 atom stereocenters. The molecule has 0 amide bonds. The standard InChI is InChI=1S/C31H63NO3/c1-5-6-7-8-9-10-11-12-13-14-15-18-21-24-27-31(2,35)29-32(3,4)28-25-22-19-16-17-20-23-26-30(33)34/h35H,5-29H2,1-4H3. The van der Waals surface area contributed by atoms with Crippen LogP contribution in [0.3, 0.4) is 0 Å². The van der Waals surface area contributed by atoms with Gasteiger partial charge < -0.3 is 19.5 Å². The van der Waals surface area contributed by atoms with Gasteiger partial charge in [0, 0.05) is 5.97 Å². The van der Waals surface area contributed by atoms with Crippen LogP contribution < -0.4 is 5.11 Å². The summed E-state index contributed by atoms with van der Waals surface area (Å²) in [4.78, 5) is 10.4. The maximum Gasteiger partial charge on any atom is 0.111 e. The van der Waals surface area contributed by atoms with Crippen molar-refractivity contribution in [3.05, 3.63) is 0 Å². The second-order valence-electron chi connectivity index (χ2n) is 12.3. The quantitative estimate of drug-likeness (QED) is 0.0941. The Labute approximate surface area is 219 Å². The molecule has 0 aromatic carbocycles. The lowest BCUT2D eigenvalue weighted by atomic mass is 9.96. The number of rotatable bonds is 27. The van der Waals surface area contributed by atoms with Gasteiger partial charge in [-0.1, -0.05) is 122 Å². The van der Waals surface area contributed by atoms with Crippen LogP contribution in [0.1, 0.15) is 162 Å². The van der Waals surface area contributed by atoms with E-state index in [0.717, 1.165) is 49.7 Å². The molecular formula is C31H63NO3. The second kappa shape index (κ2) is 22.6. The normalized spacial score (nSPS) is 13.7. The highest BCUT2D eigenvalue weighted by Gasteiger charge is 2.29. The minimum atomic E-state index is -0.926. The van der Waals surface area contributed by atoms with E-state index >= 15 is 0 Å². The van der Waals surface area contributed by atoms with Crippen molar-refractivity contribution in [2.45, 2.75) is 167 Å². The van der Waals surface area contributed by atoms with E-state index in [9.17, 15) is 15.0 Å². The largest absolute Gasteiger partial charge is 0.550 e. The number of hydrogen-bond donors (Lipinski definition) is 1. The average Bonchev–Trinajstić information content (AvgIpc) is 2.77. The Morgan fingerprint density at radius 2 is 1.03 bits per heavy atom. The van der Waals surface area contributed by atoms with Crippen LogP contribution in [0.4, 0.5) is 0 Å². The third-order valence-electron chi connectivity index (χ3n) is 7.48. The lowest BCUT2D eigenvalue weighted by Crippen LogP contribution is -2.50. The zero-order chi connectivity index (χ0) is 26.3. The van der Waals surface area contributed by atoms with E-state index in [0.29, 0.717) is 0 Å². The van der Waals surface area contributed by atoms with Gasteiger partial charge in [0.1, 0.15) is 12.1 Å². The fourth-order valence-corrected chi connectivity index (χ4v) is 5.47. The summed E-state index contributed by atoms with van der Waals surface area (Å²) in [5, 5.41) is 21.4. The number of aliphatic carboxylic acids is 1. The third-order valence-corrected chi connectivity index (χ3v) is 7.48. The number of quaternary nitrogens is 1. The molecule has 35 heavy (non-hydrogen) atoms. The van der Waals surface area contributed by atoms with E-state index in [1.165, 1.54) is 109 Å². The SMILES string of the molecule is CCCCCCCCCCCCCCCCC(C)(O)C[N+](C)(C)CCCCCCCCCC(=O)[O-]. The molecule has 0 bridgehead atoms. The number of unbranched alkanes of at least 4 members (excludes halogenated alkanes) is 19. The molecular weight excluding hydrogens is 434 g/mol. The summed E-state index contributed by atoms with van der Waals surface area (Å²) in [6, 6.07) is 0. The first-order chi connectivity index (χ1) is 16.7. The summed E-state index contributed by atoms with van der Waals surface area (Å²) in [6.45, 7) is 6.25. The summed E-state index contributed by atoms with van der Waals surface area (Å²) in [5.41, 5.74) is -0.570. The van der Waals surface area contributed by atoms with Crippen molar-refractivity contribution < 1.29 is 19.5 Å². The van der Waals surface area contributed by atoms with Gasteiger partial charge in [0.2, 0.25) is 0 Å². The monoisotopic (exact) mass is 497 g/mol. The molecule has 0 spiro atoms. The van der Waals surface area contributed by atoms with Gasteiger partial charge in [-0.3, -0.25) is 0 Å². The molecule has 0 saturated carbocycles. The summed E-state index contributed by atoms with van der Waals surface area (Å²) in [7, 11) is 4.50. The van der Waals surface area contributed by atoms with Gasteiger partial charge in [0.05, 0.1) is 20.6 Å². The van der Waals surface area contributed by atoms with Crippen molar-refractivity contribution in [1.82, 2.24) is 0 Å². The molecule has 0 heterocycles. The molecule has 0 aliphatic rings. The van der Waals surface area contributed by atoms with Gasteiger partial charge in [0.25, 0.3) is 0 Å². The van der Waals surface area contributed by atoms with Crippen molar-refractivity contribution in [1.29, 1.82) is 0 Å². The fourth-order valence-electron chi connectivity index (χ4n) is 5.47. The van der Waals surface area contributed by atoms with Crippen LogP contribution in [-0.4, -0.2) is 48.3 Å². The molecule has 4 heteroatoms. The Hall–Kier alpha value is -0.610. The molecule has 0 aromatic heterocycles. The van der Waals surface area contributed by atoms with E-state index in [1.807, 2.05) is 6.92 Å². The molecule has 0 aromatic rings. The van der Waals surface area contributed by atoms with Gasteiger partial charge in [-0.15, -0.1) is 0 Å². The van der Waals surface area contributed by atoms with Crippen LogP contribution in [0, 0.1) is 0 Å². The van der Waals surface area contributed by atoms with Crippen molar-refractivity contribution >= 4 is 5.97 Å². The van der Waals surface area contributed by atoms with Gasteiger partial charge in [-0.25, -0.2) is 0 Å². The number of carbonyl (C=O) groups excluding carboxylic acids is 1. The van der Waals surface area contributed by atoms with Gasteiger partial charge in [-0.05, 0) is 39.0 Å². The number of aliphatic hydroxyl groups is 1. The topological polar surface area (TPSA) is 60.4 Å². The highest BCUT2D eigenvalue weighted by atomic mass is 16.4. The second-order valence-corrected chi connectivity index (χ2v) is 12.3.